The van der Waals surface area contributed by atoms with Crippen LogP contribution in [0.4, 0.5) is 10.5 Å². The van der Waals surface area contributed by atoms with Crippen molar-refractivity contribution in [3.8, 4) is 0 Å². The molecule has 0 spiro atoms. The van der Waals surface area contributed by atoms with Crippen molar-refractivity contribution in [3.05, 3.63) is 78.4 Å². The van der Waals surface area contributed by atoms with Gasteiger partial charge in [-0.05, 0) is 23.8 Å². The first-order valence-electron chi connectivity index (χ1n) is 11.2. The smallest absolute Gasteiger partial charge is 0.407 e. The number of hydrogen-bond acceptors (Lipinski definition) is 6. The predicted molar refractivity (Wildman–Crippen MR) is 133 cm³/mol. The standard InChI is InChI=1S/C26H24N4O6/c31-23(13-27-24(32)14-29-26(34)35-16-17-6-2-1-3-7-17)28-15-25(33)30-18-10-11-20-19-8-4-5-9-21(19)36-22(20)12-18/h1-12H,13-16H2,(H,27,32)(H,28,31)(H,29,34)(H,30,33). The number of para-hydroxylation sites is 1. The maximum Gasteiger partial charge on any atom is 0.407 e. The van der Waals surface area contributed by atoms with Crippen LogP contribution >= 0.6 is 0 Å². The van der Waals surface area contributed by atoms with Gasteiger partial charge in [0.25, 0.3) is 0 Å². The van der Waals surface area contributed by atoms with Gasteiger partial charge in [-0.3, -0.25) is 14.4 Å². The number of carbonyl (C=O) groups excluding carboxylic acids is 4. The Labute approximate surface area is 206 Å². The number of amides is 4. The summed E-state index contributed by atoms with van der Waals surface area (Å²) >= 11 is 0. The summed E-state index contributed by atoms with van der Waals surface area (Å²) in [7, 11) is 0. The first-order chi connectivity index (χ1) is 17.5. The van der Waals surface area contributed by atoms with Crippen molar-refractivity contribution in [2.75, 3.05) is 25.0 Å². The van der Waals surface area contributed by atoms with E-state index < -0.39 is 23.8 Å². The average Bonchev–Trinajstić information content (AvgIpc) is 3.26. The molecule has 0 aliphatic heterocycles. The molecule has 4 aromatic rings. The van der Waals surface area contributed by atoms with Gasteiger partial charge in [0.1, 0.15) is 24.3 Å². The molecule has 4 amide bonds. The van der Waals surface area contributed by atoms with Crippen LogP contribution in [0, 0.1) is 0 Å². The molecule has 36 heavy (non-hydrogen) atoms. The lowest BCUT2D eigenvalue weighted by Crippen LogP contribution is -2.43. The average molecular weight is 489 g/mol. The Morgan fingerprint density at radius 1 is 0.667 bits per heavy atom. The zero-order valence-corrected chi connectivity index (χ0v) is 19.2. The summed E-state index contributed by atoms with van der Waals surface area (Å²) in [5, 5.41) is 11.7. The van der Waals surface area contributed by atoms with Crippen molar-refractivity contribution in [3.63, 3.8) is 0 Å². The third-order valence-corrected chi connectivity index (χ3v) is 5.16. The van der Waals surface area contributed by atoms with Crippen LogP contribution in [0.1, 0.15) is 5.56 Å². The lowest BCUT2D eigenvalue weighted by molar-refractivity contribution is -0.126. The number of carbonyl (C=O) groups is 4. The molecular weight excluding hydrogens is 464 g/mol. The molecule has 0 saturated heterocycles. The molecule has 0 radical (unpaired) electrons. The fourth-order valence-corrected chi connectivity index (χ4v) is 3.42. The van der Waals surface area contributed by atoms with Gasteiger partial charge in [-0.15, -0.1) is 0 Å². The Balaban J connectivity index is 1.13. The third kappa shape index (κ3) is 6.60. The molecule has 10 heteroatoms. The van der Waals surface area contributed by atoms with Crippen LogP contribution in [0.2, 0.25) is 0 Å². The molecule has 184 valence electrons. The maximum atomic E-state index is 12.2. The quantitative estimate of drug-likeness (QED) is 0.286. The molecule has 0 unspecified atom stereocenters. The minimum Gasteiger partial charge on any atom is -0.456 e. The monoisotopic (exact) mass is 488 g/mol. The van der Waals surface area contributed by atoms with Gasteiger partial charge in [0, 0.05) is 22.5 Å². The van der Waals surface area contributed by atoms with E-state index in [9.17, 15) is 19.2 Å². The van der Waals surface area contributed by atoms with Crippen molar-refractivity contribution in [2.24, 2.45) is 0 Å². The van der Waals surface area contributed by atoms with Gasteiger partial charge in [-0.2, -0.15) is 0 Å². The van der Waals surface area contributed by atoms with Crippen LogP contribution < -0.4 is 21.3 Å². The second-order valence-corrected chi connectivity index (χ2v) is 7.83. The summed E-state index contributed by atoms with van der Waals surface area (Å²) in [4.78, 5) is 47.6. The van der Waals surface area contributed by atoms with Gasteiger partial charge in [-0.25, -0.2) is 4.79 Å². The summed E-state index contributed by atoms with van der Waals surface area (Å²) in [5.41, 5.74) is 2.73. The molecule has 0 saturated carbocycles. The number of ether oxygens (including phenoxy) is 1. The molecule has 4 rings (SSSR count). The Bertz CT molecular complexity index is 1400. The summed E-state index contributed by atoms with van der Waals surface area (Å²) < 4.78 is 10.8. The van der Waals surface area contributed by atoms with E-state index >= 15 is 0 Å². The molecule has 0 atom stereocenters. The molecule has 0 aliphatic rings. The maximum absolute atomic E-state index is 12.2. The highest BCUT2D eigenvalue weighted by Crippen LogP contribution is 2.30. The van der Waals surface area contributed by atoms with E-state index in [0.29, 0.717) is 11.3 Å². The van der Waals surface area contributed by atoms with Crippen molar-refractivity contribution < 1.29 is 28.3 Å². The van der Waals surface area contributed by atoms with E-state index in [1.165, 1.54) is 0 Å². The molecule has 1 aromatic heterocycles. The first-order valence-corrected chi connectivity index (χ1v) is 11.2. The number of nitrogens with one attached hydrogen (secondary N) is 4. The highest BCUT2D eigenvalue weighted by Gasteiger charge is 2.11. The van der Waals surface area contributed by atoms with E-state index in [1.54, 1.807) is 24.3 Å². The lowest BCUT2D eigenvalue weighted by Gasteiger charge is -2.09. The molecule has 4 N–H and O–H groups in total. The van der Waals surface area contributed by atoms with Gasteiger partial charge >= 0.3 is 6.09 Å². The van der Waals surface area contributed by atoms with Crippen LogP contribution in [0.15, 0.2) is 77.2 Å². The lowest BCUT2D eigenvalue weighted by atomic mass is 10.1. The molecule has 10 nitrogen and oxygen atoms in total. The molecule has 0 bridgehead atoms. The minimum absolute atomic E-state index is 0.0743. The Kier molecular flexibility index (Phi) is 7.76. The fourth-order valence-electron chi connectivity index (χ4n) is 3.42. The zero-order chi connectivity index (χ0) is 25.3. The number of alkyl carbamates (subject to hydrolysis) is 1. The Hall–Kier alpha value is -4.86. The number of fused-ring (bicyclic) bond motifs is 3. The van der Waals surface area contributed by atoms with Crippen LogP contribution in [0.3, 0.4) is 0 Å². The van der Waals surface area contributed by atoms with Crippen LogP contribution in [-0.2, 0) is 25.7 Å². The molecule has 0 aliphatic carbocycles. The van der Waals surface area contributed by atoms with Crippen molar-refractivity contribution in [1.29, 1.82) is 0 Å². The van der Waals surface area contributed by atoms with Gasteiger partial charge in [0.2, 0.25) is 17.7 Å². The van der Waals surface area contributed by atoms with Gasteiger partial charge in [0.05, 0.1) is 13.1 Å². The van der Waals surface area contributed by atoms with E-state index in [-0.39, 0.29) is 26.2 Å². The predicted octanol–water partition coefficient (Wildman–Crippen LogP) is 2.68. The Morgan fingerprint density at radius 2 is 1.31 bits per heavy atom. The summed E-state index contributed by atoms with van der Waals surface area (Å²) in [6.45, 7) is -0.911. The van der Waals surface area contributed by atoms with Crippen molar-refractivity contribution >= 4 is 51.4 Å². The summed E-state index contributed by atoms with van der Waals surface area (Å²) in [6, 6.07) is 22.1. The number of rotatable bonds is 9. The summed E-state index contributed by atoms with van der Waals surface area (Å²) in [5.74, 6) is -1.57. The first kappa shape index (κ1) is 24.3. The van der Waals surface area contributed by atoms with Crippen LogP contribution in [0.25, 0.3) is 21.9 Å². The van der Waals surface area contributed by atoms with Gasteiger partial charge in [-0.1, -0.05) is 48.5 Å². The Morgan fingerprint density at radius 3 is 2.08 bits per heavy atom. The van der Waals surface area contributed by atoms with Crippen LogP contribution in [-0.4, -0.2) is 43.4 Å². The molecule has 1 heterocycles. The number of hydrogen-bond donors (Lipinski definition) is 4. The number of anilines is 1. The third-order valence-electron chi connectivity index (χ3n) is 5.16. The van der Waals surface area contributed by atoms with E-state index in [4.69, 9.17) is 9.15 Å². The highest BCUT2D eigenvalue weighted by atomic mass is 16.5. The second-order valence-electron chi connectivity index (χ2n) is 7.83. The van der Waals surface area contributed by atoms with E-state index in [1.807, 2.05) is 48.5 Å². The largest absolute Gasteiger partial charge is 0.456 e. The van der Waals surface area contributed by atoms with Gasteiger partial charge < -0.3 is 30.4 Å². The van der Waals surface area contributed by atoms with Crippen molar-refractivity contribution in [2.45, 2.75) is 6.61 Å². The second kappa shape index (κ2) is 11.5. The molecule has 3 aromatic carbocycles. The SMILES string of the molecule is O=C(CNC(=O)CNC(=O)OCc1ccccc1)NCC(=O)Nc1ccc2c(c1)oc1ccccc12. The minimum atomic E-state index is -0.754. The van der Waals surface area contributed by atoms with E-state index in [0.717, 1.165) is 21.9 Å². The highest BCUT2D eigenvalue weighted by molar-refractivity contribution is 6.06. The normalized spacial score (nSPS) is 10.6. The van der Waals surface area contributed by atoms with Crippen molar-refractivity contribution in [1.82, 2.24) is 16.0 Å². The number of furan rings is 1. The van der Waals surface area contributed by atoms with E-state index in [2.05, 4.69) is 21.3 Å². The zero-order valence-electron chi connectivity index (χ0n) is 19.2. The van der Waals surface area contributed by atoms with Crippen LogP contribution in [0.5, 0.6) is 0 Å². The number of benzene rings is 3. The summed E-state index contributed by atoms with van der Waals surface area (Å²) in [6.07, 6.45) is -0.754. The fraction of sp³-hybridized carbons (Fsp3) is 0.154. The topological polar surface area (TPSA) is 139 Å². The molecule has 0 fully saturated rings. The van der Waals surface area contributed by atoms with Gasteiger partial charge in [0.15, 0.2) is 0 Å². The molecular formula is C26H24N4O6.